The number of carbonyl (C=O) groups excluding carboxylic acids is 1. The molecule has 1 N–H and O–H groups in total. The van der Waals surface area contributed by atoms with E-state index < -0.39 is 5.60 Å². The van der Waals surface area contributed by atoms with Crippen LogP contribution in [0.1, 0.15) is 45.7 Å². The fraction of sp³-hybridized carbons (Fsp3) is 0.812. The highest BCUT2D eigenvalue weighted by atomic mass is 16.3. The van der Waals surface area contributed by atoms with Crippen molar-refractivity contribution in [3.8, 4) is 0 Å². The van der Waals surface area contributed by atoms with Gasteiger partial charge >= 0.3 is 0 Å². The summed E-state index contributed by atoms with van der Waals surface area (Å²) in [6, 6.07) is 0. The summed E-state index contributed by atoms with van der Waals surface area (Å²) in [6.07, 6.45) is 3.67. The van der Waals surface area contributed by atoms with Crippen LogP contribution in [-0.2, 0) is 16.9 Å². The predicted molar refractivity (Wildman–Crippen MR) is 87.8 cm³/mol. The van der Waals surface area contributed by atoms with Gasteiger partial charge in [0, 0.05) is 27.2 Å². The number of piperidine rings is 1. The molecule has 1 unspecified atom stereocenters. The van der Waals surface area contributed by atoms with Gasteiger partial charge in [0.25, 0.3) is 0 Å². The van der Waals surface area contributed by atoms with Crippen molar-refractivity contribution in [1.82, 2.24) is 24.8 Å². The molecule has 1 atom stereocenters. The van der Waals surface area contributed by atoms with E-state index in [-0.39, 0.29) is 17.9 Å². The van der Waals surface area contributed by atoms with Crippen LogP contribution in [0.15, 0.2) is 6.20 Å². The van der Waals surface area contributed by atoms with Crippen molar-refractivity contribution in [2.24, 2.45) is 0 Å². The number of β-amino-alcohol motifs (C(OH)–C–C–N with tert-alkyl or cyclic N) is 1. The van der Waals surface area contributed by atoms with Crippen LogP contribution in [0.25, 0.3) is 0 Å². The average Bonchev–Trinajstić information content (AvgIpc) is 2.86. The number of carbonyl (C=O) groups is 1. The molecule has 0 radical (unpaired) electrons. The zero-order valence-corrected chi connectivity index (χ0v) is 14.9. The van der Waals surface area contributed by atoms with Crippen molar-refractivity contribution in [3.05, 3.63) is 11.9 Å². The minimum absolute atomic E-state index is 0.0342. The first-order valence-electron chi connectivity index (χ1n) is 8.16. The first-order chi connectivity index (χ1) is 10.6. The summed E-state index contributed by atoms with van der Waals surface area (Å²) in [5.74, 6) is -0.0342. The lowest BCUT2D eigenvalue weighted by Gasteiger charge is -2.39. The Balaban J connectivity index is 1.98. The molecule has 2 heterocycles. The molecule has 130 valence electrons. The normalized spacial score (nSPS) is 23.0. The van der Waals surface area contributed by atoms with Crippen LogP contribution in [0.5, 0.6) is 0 Å². The second-order valence-corrected chi connectivity index (χ2v) is 7.83. The summed E-state index contributed by atoms with van der Waals surface area (Å²) < 4.78 is 1.86. The molecule has 7 nitrogen and oxygen atoms in total. The first-order valence-corrected chi connectivity index (χ1v) is 8.16. The highest BCUT2D eigenvalue weighted by molar-refractivity contribution is 5.76. The fourth-order valence-electron chi connectivity index (χ4n) is 2.85. The Bertz CT molecular complexity index is 549. The van der Waals surface area contributed by atoms with Gasteiger partial charge < -0.3 is 10.0 Å². The first kappa shape index (κ1) is 17.9. The van der Waals surface area contributed by atoms with Gasteiger partial charge in [0.1, 0.15) is 0 Å². The molecule has 1 fully saturated rings. The van der Waals surface area contributed by atoms with Crippen molar-refractivity contribution >= 4 is 5.91 Å². The zero-order valence-electron chi connectivity index (χ0n) is 14.9. The highest BCUT2D eigenvalue weighted by Gasteiger charge is 2.36. The van der Waals surface area contributed by atoms with Crippen LogP contribution < -0.4 is 0 Å². The highest BCUT2D eigenvalue weighted by Crippen LogP contribution is 2.26. The Kier molecular flexibility index (Phi) is 5.10. The van der Waals surface area contributed by atoms with Crippen LogP contribution in [0.2, 0.25) is 0 Å². The van der Waals surface area contributed by atoms with E-state index in [4.69, 9.17) is 0 Å². The molecular weight excluding hydrogens is 294 g/mol. The Morgan fingerprint density at radius 3 is 2.70 bits per heavy atom. The number of hydrogen-bond donors (Lipinski definition) is 1. The van der Waals surface area contributed by atoms with Gasteiger partial charge in [-0.05, 0) is 40.2 Å². The maximum atomic E-state index is 11.9. The Hall–Kier alpha value is -1.47. The van der Waals surface area contributed by atoms with Gasteiger partial charge in [0.15, 0.2) is 0 Å². The van der Waals surface area contributed by atoms with Gasteiger partial charge in [-0.1, -0.05) is 5.21 Å². The summed E-state index contributed by atoms with van der Waals surface area (Å²) >= 11 is 0. The van der Waals surface area contributed by atoms with Crippen LogP contribution in [0.3, 0.4) is 0 Å². The smallest absolute Gasteiger partial charge is 0.224 e. The molecule has 7 heteroatoms. The van der Waals surface area contributed by atoms with Gasteiger partial charge in [-0.25, -0.2) is 4.68 Å². The molecule has 1 aromatic rings. The van der Waals surface area contributed by atoms with E-state index in [1.54, 1.807) is 14.1 Å². The van der Waals surface area contributed by atoms with E-state index in [0.29, 0.717) is 19.5 Å². The number of rotatable bonds is 4. The number of amides is 1. The molecule has 1 saturated heterocycles. The molecule has 0 saturated carbocycles. The second kappa shape index (κ2) is 6.57. The quantitative estimate of drug-likeness (QED) is 0.889. The fourth-order valence-corrected chi connectivity index (χ4v) is 2.85. The minimum atomic E-state index is -0.945. The summed E-state index contributed by atoms with van der Waals surface area (Å²) in [4.78, 5) is 15.6. The molecule has 1 aliphatic heterocycles. The van der Waals surface area contributed by atoms with E-state index >= 15 is 0 Å². The maximum Gasteiger partial charge on any atom is 0.224 e. The van der Waals surface area contributed by atoms with E-state index in [1.807, 2.05) is 10.9 Å². The molecule has 0 bridgehead atoms. The van der Waals surface area contributed by atoms with Gasteiger partial charge in [-0.15, -0.1) is 5.10 Å². The molecule has 2 rings (SSSR count). The SMILES string of the molecule is CN(C)C(=O)CC1(O)CCCN(Cc2cn(C(C)(C)C)nn2)C1. The summed E-state index contributed by atoms with van der Waals surface area (Å²) in [6.45, 7) is 8.29. The molecule has 23 heavy (non-hydrogen) atoms. The van der Waals surface area contributed by atoms with Gasteiger partial charge in [-0.3, -0.25) is 9.69 Å². The maximum absolute atomic E-state index is 11.9. The van der Waals surface area contributed by atoms with E-state index in [1.165, 1.54) is 4.90 Å². The number of aromatic nitrogens is 3. The molecule has 1 aromatic heterocycles. The molecule has 0 spiro atoms. The lowest BCUT2D eigenvalue weighted by Crippen LogP contribution is -2.50. The average molecular weight is 323 g/mol. The van der Waals surface area contributed by atoms with Gasteiger partial charge in [0.05, 0.1) is 29.5 Å². The lowest BCUT2D eigenvalue weighted by atomic mass is 9.89. The molecule has 1 aliphatic rings. The van der Waals surface area contributed by atoms with Crippen molar-refractivity contribution in [2.75, 3.05) is 27.2 Å². The van der Waals surface area contributed by atoms with Crippen molar-refractivity contribution < 1.29 is 9.90 Å². The lowest BCUT2D eigenvalue weighted by molar-refractivity contribution is -0.136. The molecule has 1 amide bonds. The molecular formula is C16H29N5O2. The summed E-state index contributed by atoms with van der Waals surface area (Å²) in [5.41, 5.74) is -0.144. The van der Waals surface area contributed by atoms with Crippen molar-refractivity contribution in [2.45, 2.75) is 57.7 Å². The van der Waals surface area contributed by atoms with Gasteiger partial charge in [0.2, 0.25) is 5.91 Å². The summed E-state index contributed by atoms with van der Waals surface area (Å²) in [7, 11) is 3.44. The summed E-state index contributed by atoms with van der Waals surface area (Å²) in [5, 5.41) is 19.1. The zero-order chi connectivity index (χ0) is 17.3. The van der Waals surface area contributed by atoms with Crippen LogP contribution in [0, 0.1) is 0 Å². The van der Waals surface area contributed by atoms with Crippen LogP contribution in [-0.4, -0.2) is 68.6 Å². The van der Waals surface area contributed by atoms with E-state index in [2.05, 4.69) is 36.0 Å². The minimum Gasteiger partial charge on any atom is -0.388 e. The van der Waals surface area contributed by atoms with E-state index in [9.17, 15) is 9.90 Å². The number of hydrogen-bond acceptors (Lipinski definition) is 5. The van der Waals surface area contributed by atoms with Crippen LogP contribution in [0.4, 0.5) is 0 Å². The van der Waals surface area contributed by atoms with E-state index in [0.717, 1.165) is 18.7 Å². The molecule has 0 aliphatic carbocycles. The topological polar surface area (TPSA) is 74.5 Å². The van der Waals surface area contributed by atoms with Crippen LogP contribution >= 0.6 is 0 Å². The third-order valence-electron chi connectivity index (χ3n) is 4.23. The predicted octanol–water partition coefficient (Wildman–Crippen LogP) is 0.838. The Morgan fingerprint density at radius 2 is 2.13 bits per heavy atom. The Labute approximate surface area is 138 Å². The largest absolute Gasteiger partial charge is 0.388 e. The van der Waals surface area contributed by atoms with Crippen molar-refractivity contribution in [1.29, 1.82) is 0 Å². The number of nitrogens with zero attached hydrogens (tertiary/aromatic N) is 5. The number of aliphatic hydroxyl groups is 1. The monoisotopic (exact) mass is 323 g/mol. The third kappa shape index (κ3) is 4.75. The number of likely N-dealkylation sites (tertiary alicyclic amines) is 1. The standard InChI is InChI=1S/C16H29N5O2/c1-15(2,3)21-11-13(17-18-21)10-20-8-6-7-16(23,12-20)9-14(22)19(4)5/h11,23H,6-10,12H2,1-5H3. The van der Waals surface area contributed by atoms with Crippen molar-refractivity contribution in [3.63, 3.8) is 0 Å². The Morgan fingerprint density at radius 1 is 1.43 bits per heavy atom. The van der Waals surface area contributed by atoms with Gasteiger partial charge in [-0.2, -0.15) is 0 Å². The second-order valence-electron chi connectivity index (χ2n) is 7.83. The molecule has 0 aromatic carbocycles. The third-order valence-corrected chi connectivity index (χ3v) is 4.23.